The van der Waals surface area contributed by atoms with Crippen molar-refractivity contribution in [2.45, 2.75) is 12.8 Å². The van der Waals surface area contributed by atoms with E-state index in [9.17, 15) is 0 Å². The van der Waals surface area contributed by atoms with Gasteiger partial charge in [-0.25, -0.2) is 0 Å². The second kappa shape index (κ2) is 2.23. The van der Waals surface area contributed by atoms with Crippen LogP contribution in [0.3, 0.4) is 0 Å². The number of oxime groups is 1. The highest BCUT2D eigenvalue weighted by molar-refractivity contribution is 5.90. The summed E-state index contributed by atoms with van der Waals surface area (Å²) in [6.45, 7) is 3.22. The summed E-state index contributed by atoms with van der Waals surface area (Å²) in [6, 6.07) is 0. The van der Waals surface area contributed by atoms with Crippen LogP contribution in [0.15, 0.2) is 5.16 Å². The van der Waals surface area contributed by atoms with Crippen LogP contribution in [-0.4, -0.2) is 35.5 Å². The Balaban J connectivity index is 2.15. The topological polar surface area (TPSA) is 35.8 Å². The Kier molecular flexibility index (Phi) is 1.38. The van der Waals surface area contributed by atoms with E-state index < -0.39 is 0 Å². The van der Waals surface area contributed by atoms with Gasteiger partial charge >= 0.3 is 0 Å². The minimum absolute atomic E-state index is 0.568. The lowest BCUT2D eigenvalue weighted by Gasteiger charge is -2.19. The molecule has 0 saturated carbocycles. The summed E-state index contributed by atoms with van der Waals surface area (Å²) in [4.78, 5) is 2.35. The third-order valence-corrected chi connectivity index (χ3v) is 2.49. The van der Waals surface area contributed by atoms with Gasteiger partial charge in [0.15, 0.2) is 0 Å². The van der Waals surface area contributed by atoms with Crippen LogP contribution in [0.5, 0.6) is 0 Å². The molecule has 2 rings (SSSR count). The molecule has 0 aliphatic carbocycles. The molecule has 0 amide bonds. The minimum atomic E-state index is 0.568. The van der Waals surface area contributed by atoms with Crippen molar-refractivity contribution in [1.82, 2.24) is 4.90 Å². The van der Waals surface area contributed by atoms with Crippen LogP contribution in [0.25, 0.3) is 0 Å². The van der Waals surface area contributed by atoms with E-state index in [0.29, 0.717) is 5.92 Å². The van der Waals surface area contributed by atoms with Crippen LogP contribution in [0, 0.1) is 5.92 Å². The van der Waals surface area contributed by atoms with Gasteiger partial charge in [0.25, 0.3) is 0 Å². The Hall–Kier alpha value is -0.570. The molecule has 0 radical (unpaired) electrons. The van der Waals surface area contributed by atoms with Crippen LogP contribution in [0.4, 0.5) is 0 Å². The number of rotatable bonds is 0. The Morgan fingerprint density at radius 3 is 3.20 bits per heavy atom. The molecular formula is C7H12N2O. The van der Waals surface area contributed by atoms with E-state index >= 15 is 0 Å². The summed E-state index contributed by atoms with van der Waals surface area (Å²) in [6.07, 6.45) is 2.49. The molecule has 2 aliphatic heterocycles. The smallest absolute Gasteiger partial charge is 0.0754 e. The molecule has 3 nitrogen and oxygen atoms in total. The van der Waals surface area contributed by atoms with Gasteiger partial charge in [0.2, 0.25) is 0 Å². The summed E-state index contributed by atoms with van der Waals surface area (Å²) >= 11 is 0. The van der Waals surface area contributed by atoms with Crippen LogP contribution in [0.1, 0.15) is 12.8 Å². The van der Waals surface area contributed by atoms with Crippen molar-refractivity contribution in [3.8, 4) is 0 Å². The molecule has 2 atom stereocenters. The lowest BCUT2D eigenvalue weighted by atomic mass is 9.99. The molecular weight excluding hydrogens is 128 g/mol. The van der Waals surface area contributed by atoms with E-state index in [0.717, 1.165) is 18.8 Å². The molecule has 0 aromatic carbocycles. The van der Waals surface area contributed by atoms with Gasteiger partial charge in [-0.1, -0.05) is 5.16 Å². The van der Waals surface area contributed by atoms with Crippen molar-refractivity contribution in [3.63, 3.8) is 0 Å². The van der Waals surface area contributed by atoms with Crippen molar-refractivity contribution in [2.24, 2.45) is 11.1 Å². The zero-order valence-electron chi connectivity index (χ0n) is 5.95. The van der Waals surface area contributed by atoms with Crippen LogP contribution < -0.4 is 0 Å². The van der Waals surface area contributed by atoms with E-state index in [1.54, 1.807) is 0 Å². The maximum absolute atomic E-state index is 8.57. The molecule has 0 spiro atoms. The largest absolute Gasteiger partial charge is 0.411 e. The molecule has 56 valence electrons. The van der Waals surface area contributed by atoms with Crippen molar-refractivity contribution in [2.75, 3.05) is 19.6 Å². The Morgan fingerprint density at radius 1 is 1.60 bits per heavy atom. The average Bonchev–Trinajstić information content (AvgIpc) is 2.26. The predicted molar refractivity (Wildman–Crippen MR) is 38.4 cm³/mol. The normalized spacial score (nSPS) is 42.6. The molecule has 10 heavy (non-hydrogen) atoms. The average molecular weight is 140 g/mol. The second-order valence-corrected chi connectivity index (χ2v) is 3.17. The number of nitrogens with zero attached hydrogens (tertiary/aromatic N) is 2. The van der Waals surface area contributed by atoms with Gasteiger partial charge in [-0.05, 0) is 19.4 Å². The van der Waals surface area contributed by atoms with Gasteiger partial charge < -0.3 is 5.21 Å². The number of fused-ring (bicyclic) bond motifs is 2. The standard InChI is InChI=1S/C7H12N2O/c10-8-7-5-9-3-1-2-6(7)4-9/h6,10H,1-5H2/b8-7-. The summed E-state index contributed by atoms with van der Waals surface area (Å²) in [5, 5.41) is 11.9. The van der Waals surface area contributed by atoms with Crippen LogP contribution in [0.2, 0.25) is 0 Å². The SMILES string of the molecule is O/N=C1/CN2CCCC1C2. The third-order valence-electron chi connectivity index (χ3n) is 2.49. The van der Waals surface area contributed by atoms with Gasteiger partial charge in [-0.15, -0.1) is 0 Å². The maximum Gasteiger partial charge on any atom is 0.0754 e. The number of hydrogen-bond acceptors (Lipinski definition) is 3. The first-order valence-corrected chi connectivity index (χ1v) is 3.83. The highest BCUT2D eigenvalue weighted by atomic mass is 16.4. The van der Waals surface area contributed by atoms with Crippen molar-refractivity contribution < 1.29 is 5.21 Å². The predicted octanol–water partition coefficient (Wildman–Crippen LogP) is 0.542. The lowest BCUT2D eigenvalue weighted by molar-refractivity contribution is 0.270. The molecule has 3 heteroatoms. The third kappa shape index (κ3) is 0.814. The molecule has 2 unspecified atom stereocenters. The molecule has 2 heterocycles. The van der Waals surface area contributed by atoms with Crippen molar-refractivity contribution in [3.05, 3.63) is 0 Å². The first-order valence-electron chi connectivity index (χ1n) is 3.83. The van der Waals surface area contributed by atoms with E-state index in [1.807, 2.05) is 0 Å². The highest BCUT2D eigenvalue weighted by Crippen LogP contribution is 2.24. The molecule has 1 N–H and O–H groups in total. The van der Waals surface area contributed by atoms with E-state index in [2.05, 4.69) is 10.1 Å². The van der Waals surface area contributed by atoms with Crippen molar-refractivity contribution in [1.29, 1.82) is 0 Å². The van der Waals surface area contributed by atoms with Gasteiger partial charge in [-0.3, -0.25) is 4.90 Å². The zero-order valence-corrected chi connectivity index (χ0v) is 5.95. The van der Waals surface area contributed by atoms with E-state index in [4.69, 9.17) is 5.21 Å². The van der Waals surface area contributed by atoms with Gasteiger partial charge in [0, 0.05) is 19.0 Å². The van der Waals surface area contributed by atoms with Crippen LogP contribution in [-0.2, 0) is 0 Å². The molecule has 0 aromatic heterocycles. The summed E-state index contributed by atoms with van der Waals surface area (Å²) < 4.78 is 0. The molecule has 0 aromatic rings. The second-order valence-electron chi connectivity index (χ2n) is 3.17. The fraction of sp³-hybridized carbons (Fsp3) is 0.857. The maximum atomic E-state index is 8.57. The van der Waals surface area contributed by atoms with Crippen molar-refractivity contribution >= 4 is 5.71 Å². The molecule has 2 fully saturated rings. The van der Waals surface area contributed by atoms with Gasteiger partial charge in [0.1, 0.15) is 0 Å². The monoisotopic (exact) mass is 140 g/mol. The fourth-order valence-electron chi connectivity index (χ4n) is 1.94. The first-order chi connectivity index (χ1) is 4.90. The Labute approximate surface area is 60.3 Å². The first kappa shape index (κ1) is 6.16. The van der Waals surface area contributed by atoms with Gasteiger partial charge in [-0.2, -0.15) is 0 Å². The minimum Gasteiger partial charge on any atom is -0.411 e. The van der Waals surface area contributed by atoms with Crippen LogP contribution >= 0.6 is 0 Å². The number of hydrogen-bond donors (Lipinski definition) is 1. The quantitative estimate of drug-likeness (QED) is 0.394. The lowest BCUT2D eigenvalue weighted by Crippen LogP contribution is -2.25. The summed E-state index contributed by atoms with van der Waals surface area (Å²) in [7, 11) is 0. The van der Waals surface area contributed by atoms with E-state index in [1.165, 1.54) is 19.4 Å². The van der Waals surface area contributed by atoms with Gasteiger partial charge in [0.05, 0.1) is 5.71 Å². The fourth-order valence-corrected chi connectivity index (χ4v) is 1.94. The zero-order chi connectivity index (χ0) is 6.97. The summed E-state index contributed by atoms with van der Waals surface area (Å²) in [5.74, 6) is 0.568. The molecule has 2 bridgehead atoms. The highest BCUT2D eigenvalue weighted by Gasteiger charge is 2.32. The molecule has 2 saturated heterocycles. The Bertz CT molecular complexity index is 167. The Morgan fingerprint density at radius 2 is 2.50 bits per heavy atom. The number of piperidine rings is 1. The van der Waals surface area contributed by atoms with E-state index in [-0.39, 0.29) is 0 Å². The summed E-state index contributed by atoms with van der Waals surface area (Å²) in [5.41, 5.74) is 0.998. The molecule has 2 aliphatic rings.